The molecule has 1 aliphatic heterocycles. The second-order valence-electron chi connectivity index (χ2n) is 5.81. The van der Waals surface area contributed by atoms with E-state index in [0.29, 0.717) is 26.2 Å². The average Bonchev–Trinajstić information content (AvgIpc) is 2.68. The summed E-state index contributed by atoms with van der Waals surface area (Å²) >= 11 is 0. The van der Waals surface area contributed by atoms with E-state index in [9.17, 15) is 13.2 Å². The maximum Gasteiger partial charge on any atom is 0.335 e. The highest BCUT2D eigenvalue weighted by atomic mass is 32.2. The molecule has 1 saturated heterocycles. The number of carbonyl (C=O) groups is 1. The third-order valence-corrected chi connectivity index (χ3v) is 6.22. The van der Waals surface area contributed by atoms with E-state index >= 15 is 0 Å². The molecule has 0 radical (unpaired) electrons. The molecule has 2 heterocycles. The van der Waals surface area contributed by atoms with Crippen LogP contribution in [-0.2, 0) is 10.0 Å². The molecular weight excluding hydrogens is 358 g/mol. The fourth-order valence-electron chi connectivity index (χ4n) is 2.90. The highest BCUT2D eigenvalue weighted by molar-refractivity contribution is 7.89. The van der Waals surface area contributed by atoms with Gasteiger partial charge in [-0.25, -0.2) is 18.2 Å². The van der Waals surface area contributed by atoms with Gasteiger partial charge in [-0.2, -0.15) is 4.31 Å². The molecule has 1 aromatic heterocycles. The number of anilines is 1. The van der Waals surface area contributed by atoms with Gasteiger partial charge in [0.25, 0.3) is 5.82 Å². The molecule has 0 bridgehead atoms. The Hall–Kier alpha value is -2.65. The number of aromatic carboxylic acids is 1. The summed E-state index contributed by atoms with van der Waals surface area (Å²) < 4.78 is 32.5. The van der Waals surface area contributed by atoms with Crippen molar-refractivity contribution in [3.8, 4) is 5.75 Å². The number of H-pyrrole nitrogens is 1. The number of piperazine rings is 1. The number of hydrogen-bond donors (Lipinski definition) is 1. The molecule has 2 N–H and O–H groups in total. The highest BCUT2D eigenvalue weighted by Gasteiger charge is 2.34. The fraction of sp³-hybridized carbons (Fsp3) is 0.294. The van der Waals surface area contributed by atoms with Gasteiger partial charge in [0.05, 0.1) is 45.0 Å². The third-order valence-electron chi connectivity index (χ3n) is 4.30. The minimum atomic E-state index is -3.86. The van der Waals surface area contributed by atoms with Crippen molar-refractivity contribution in [1.82, 2.24) is 4.31 Å². The van der Waals surface area contributed by atoms with Gasteiger partial charge in [0.2, 0.25) is 10.0 Å². The van der Waals surface area contributed by atoms with Crippen molar-refractivity contribution in [1.29, 1.82) is 0 Å². The van der Waals surface area contributed by atoms with E-state index in [1.54, 1.807) is 0 Å². The monoisotopic (exact) mass is 378 g/mol. The molecule has 3 rings (SSSR count). The first kappa shape index (κ1) is 18.2. The normalized spacial score (nSPS) is 15.7. The molecule has 0 amide bonds. The molecular formula is C17H20N3O5S+. The summed E-state index contributed by atoms with van der Waals surface area (Å²) in [6, 6.07) is 9.56. The number of carboxylic acids is 1. The van der Waals surface area contributed by atoms with E-state index in [1.807, 2.05) is 24.4 Å². The Morgan fingerprint density at radius 3 is 2.46 bits per heavy atom. The van der Waals surface area contributed by atoms with E-state index in [2.05, 4.69) is 9.88 Å². The molecule has 0 unspecified atom stereocenters. The summed E-state index contributed by atoms with van der Waals surface area (Å²) in [6.07, 6.45) is 1.82. The molecule has 8 nitrogen and oxygen atoms in total. The number of ether oxygens (including phenoxy) is 1. The molecule has 0 aliphatic carbocycles. The number of rotatable bonds is 5. The molecule has 0 atom stereocenters. The van der Waals surface area contributed by atoms with Crippen molar-refractivity contribution in [2.45, 2.75) is 4.90 Å². The van der Waals surface area contributed by atoms with Crippen molar-refractivity contribution in [2.75, 3.05) is 38.2 Å². The highest BCUT2D eigenvalue weighted by Crippen LogP contribution is 2.29. The Kier molecular flexibility index (Phi) is 5.10. The zero-order valence-electron chi connectivity index (χ0n) is 14.3. The van der Waals surface area contributed by atoms with Gasteiger partial charge in [-0.3, -0.25) is 4.90 Å². The third kappa shape index (κ3) is 3.49. The number of aromatic nitrogens is 1. The van der Waals surface area contributed by atoms with Gasteiger partial charge in [-0.05, 0) is 24.3 Å². The number of aromatic amines is 1. The topological polar surface area (TPSA) is 101 Å². The Bertz CT molecular complexity index is 894. The van der Waals surface area contributed by atoms with Crippen molar-refractivity contribution in [2.24, 2.45) is 0 Å². The van der Waals surface area contributed by atoms with Crippen LogP contribution in [0.15, 0.2) is 47.5 Å². The number of nitrogens with zero attached hydrogens (tertiary/aromatic N) is 2. The zero-order valence-corrected chi connectivity index (χ0v) is 15.1. The van der Waals surface area contributed by atoms with E-state index in [1.165, 1.54) is 23.5 Å². The molecule has 1 aliphatic rings. The summed E-state index contributed by atoms with van der Waals surface area (Å²) in [7, 11) is -2.50. The fourth-order valence-corrected chi connectivity index (χ4v) is 4.50. The number of sulfonamides is 1. The van der Waals surface area contributed by atoms with Crippen LogP contribution in [0.2, 0.25) is 0 Å². The van der Waals surface area contributed by atoms with Crippen molar-refractivity contribution in [3.63, 3.8) is 0 Å². The largest absolute Gasteiger partial charge is 0.495 e. The lowest BCUT2D eigenvalue weighted by Gasteiger charge is -2.30. The molecule has 9 heteroatoms. The second kappa shape index (κ2) is 7.30. The van der Waals surface area contributed by atoms with Crippen LogP contribution in [0.1, 0.15) is 10.4 Å². The van der Waals surface area contributed by atoms with Crippen LogP contribution in [0.5, 0.6) is 5.75 Å². The van der Waals surface area contributed by atoms with E-state index in [0.717, 1.165) is 11.9 Å². The van der Waals surface area contributed by atoms with Gasteiger partial charge in [0, 0.05) is 6.07 Å². The first-order valence-electron chi connectivity index (χ1n) is 8.06. The van der Waals surface area contributed by atoms with Crippen LogP contribution >= 0.6 is 0 Å². The van der Waals surface area contributed by atoms with E-state index in [4.69, 9.17) is 9.84 Å². The predicted octanol–water partition coefficient (Wildman–Crippen LogP) is 0.718. The van der Waals surface area contributed by atoms with Crippen LogP contribution in [0.4, 0.5) is 5.82 Å². The standard InChI is InChI=1S/C17H19N3O5S/c1-25-14-6-5-13(17(21)22)12-15(14)26(23,24)20-10-8-19(9-11-20)16-4-2-3-7-18-16/h2-7,12H,8-11H2,1H3,(H,21,22)/p+1. The van der Waals surface area contributed by atoms with Gasteiger partial charge in [-0.1, -0.05) is 6.07 Å². The Morgan fingerprint density at radius 2 is 1.88 bits per heavy atom. The van der Waals surface area contributed by atoms with Gasteiger partial charge >= 0.3 is 5.97 Å². The van der Waals surface area contributed by atoms with E-state index < -0.39 is 16.0 Å². The Balaban J connectivity index is 1.83. The van der Waals surface area contributed by atoms with Crippen molar-refractivity contribution in [3.05, 3.63) is 48.2 Å². The first-order chi connectivity index (χ1) is 12.4. The number of pyridine rings is 1. The Labute approximate surface area is 151 Å². The number of methoxy groups -OCH3 is 1. The summed E-state index contributed by atoms with van der Waals surface area (Å²) in [5, 5.41) is 9.15. The molecule has 0 saturated carbocycles. The smallest absolute Gasteiger partial charge is 0.335 e. The van der Waals surface area contributed by atoms with Gasteiger partial charge in [0.15, 0.2) is 0 Å². The van der Waals surface area contributed by atoms with Crippen LogP contribution in [-0.4, -0.2) is 57.1 Å². The van der Waals surface area contributed by atoms with E-state index in [-0.39, 0.29) is 16.2 Å². The summed E-state index contributed by atoms with van der Waals surface area (Å²) in [6.45, 7) is 1.65. The van der Waals surface area contributed by atoms with Crippen LogP contribution in [0.3, 0.4) is 0 Å². The lowest BCUT2D eigenvalue weighted by molar-refractivity contribution is -0.364. The van der Waals surface area contributed by atoms with Gasteiger partial charge in [0.1, 0.15) is 10.6 Å². The number of hydrogen-bond acceptors (Lipinski definition) is 5. The van der Waals surface area contributed by atoms with Crippen LogP contribution in [0, 0.1) is 0 Å². The number of benzene rings is 1. The molecule has 1 aromatic carbocycles. The molecule has 26 heavy (non-hydrogen) atoms. The first-order valence-corrected chi connectivity index (χ1v) is 9.50. The maximum absolute atomic E-state index is 13.0. The van der Waals surface area contributed by atoms with Crippen molar-refractivity contribution >= 4 is 21.8 Å². The predicted molar refractivity (Wildman–Crippen MR) is 93.9 cm³/mol. The lowest BCUT2D eigenvalue weighted by atomic mass is 10.2. The van der Waals surface area contributed by atoms with Crippen LogP contribution < -0.4 is 14.6 Å². The Morgan fingerprint density at radius 1 is 1.15 bits per heavy atom. The maximum atomic E-state index is 13.0. The zero-order chi connectivity index (χ0) is 18.7. The van der Waals surface area contributed by atoms with Crippen molar-refractivity contribution < 1.29 is 28.0 Å². The minimum absolute atomic E-state index is 0.0955. The summed E-state index contributed by atoms with van der Waals surface area (Å²) in [5.74, 6) is -0.127. The summed E-state index contributed by atoms with van der Waals surface area (Å²) in [5.41, 5.74) is -0.0955. The van der Waals surface area contributed by atoms with Gasteiger partial charge < -0.3 is 9.84 Å². The average molecular weight is 378 g/mol. The van der Waals surface area contributed by atoms with Gasteiger partial charge in [-0.15, -0.1) is 0 Å². The number of carboxylic acid groups (broad SMARTS) is 1. The summed E-state index contributed by atoms with van der Waals surface area (Å²) in [4.78, 5) is 16.3. The molecule has 2 aromatic rings. The minimum Gasteiger partial charge on any atom is -0.495 e. The number of nitrogens with one attached hydrogen (secondary N) is 1. The van der Waals surface area contributed by atoms with Crippen LogP contribution in [0.25, 0.3) is 0 Å². The molecule has 1 fully saturated rings. The lowest BCUT2D eigenvalue weighted by Crippen LogP contribution is -2.49. The SMILES string of the molecule is COc1ccc(C(=O)O)cc1S(=O)(=O)N1CCN(c2cccc[nH+]2)CC1. The molecule has 0 spiro atoms. The quantitative estimate of drug-likeness (QED) is 0.823. The second-order valence-corrected chi connectivity index (χ2v) is 7.72. The molecule has 138 valence electrons.